The summed E-state index contributed by atoms with van der Waals surface area (Å²) in [6, 6.07) is 0. The van der Waals surface area contributed by atoms with Crippen LogP contribution in [0.5, 0.6) is 0 Å². The Bertz CT molecular complexity index is 528. The van der Waals surface area contributed by atoms with Gasteiger partial charge in [-0.2, -0.15) is 0 Å². The number of hydrogen-bond acceptors (Lipinski definition) is 3. The van der Waals surface area contributed by atoms with Gasteiger partial charge >= 0.3 is 5.97 Å². The molecule has 0 aromatic heterocycles. The first-order chi connectivity index (χ1) is 8.52. The van der Waals surface area contributed by atoms with Gasteiger partial charge in [-0.25, -0.2) is 4.79 Å². The molecule has 2 aliphatic heterocycles. The first-order valence-corrected chi connectivity index (χ1v) is 6.79. The van der Waals surface area contributed by atoms with E-state index in [9.17, 15) is 4.79 Å². The number of rotatable bonds is 0. The predicted molar refractivity (Wildman–Crippen MR) is 65.9 cm³/mol. The smallest absolute Gasteiger partial charge is 0.334 e. The number of allylic oxidation sites excluding steroid dienone is 1. The second-order valence-electron chi connectivity index (χ2n) is 6.25. The maximum Gasteiger partial charge on any atom is 0.334 e. The van der Waals surface area contributed by atoms with E-state index in [1.54, 1.807) is 0 Å². The minimum Gasteiger partial charge on any atom is -0.454 e. The van der Waals surface area contributed by atoms with E-state index in [0.29, 0.717) is 6.10 Å². The average Bonchev–Trinajstić information content (AvgIpc) is 2.82. The van der Waals surface area contributed by atoms with Crippen molar-refractivity contribution < 1.29 is 14.3 Å². The van der Waals surface area contributed by atoms with Gasteiger partial charge < -0.3 is 9.47 Å². The molecule has 0 aromatic rings. The zero-order valence-corrected chi connectivity index (χ0v) is 11.1. The summed E-state index contributed by atoms with van der Waals surface area (Å²) in [5.74, 6) is 0.142. The van der Waals surface area contributed by atoms with Gasteiger partial charge in [0.15, 0.2) is 0 Å². The Morgan fingerprint density at radius 1 is 1.22 bits per heavy atom. The van der Waals surface area contributed by atoms with Gasteiger partial charge in [0.05, 0.1) is 12.0 Å². The molecule has 0 spiro atoms. The summed E-state index contributed by atoms with van der Waals surface area (Å²) < 4.78 is 11.5. The van der Waals surface area contributed by atoms with E-state index in [2.05, 4.69) is 13.8 Å². The van der Waals surface area contributed by atoms with E-state index in [4.69, 9.17) is 9.47 Å². The lowest BCUT2D eigenvalue weighted by atomic mass is 9.84. The van der Waals surface area contributed by atoms with Gasteiger partial charge in [-0.1, -0.05) is 11.1 Å². The van der Waals surface area contributed by atoms with E-state index in [1.807, 2.05) is 6.92 Å². The molecule has 1 saturated carbocycles. The summed E-state index contributed by atoms with van der Waals surface area (Å²) in [6.07, 6.45) is 3.37. The summed E-state index contributed by atoms with van der Waals surface area (Å²) >= 11 is 0. The van der Waals surface area contributed by atoms with Crippen LogP contribution in [0.2, 0.25) is 0 Å². The minimum atomic E-state index is -0.124. The van der Waals surface area contributed by atoms with Crippen molar-refractivity contribution in [3.63, 3.8) is 0 Å². The third kappa shape index (κ3) is 1.11. The second-order valence-corrected chi connectivity index (χ2v) is 6.25. The third-order valence-electron chi connectivity index (χ3n) is 5.36. The van der Waals surface area contributed by atoms with Gasteiger partial charge in [-0.05, 0) is 45.6 Å². The summed E-state index contributed by atoms with van der Waals surface area (Å²) in [7, 11) is 0. The molecular weight excluding hydrogens is 228 g/mol. The monoisotopic (exact) mass is 246 g/mol. The molecule has 0 radical (unpaired) electrons. The first kappa shape index (κ1) is 10.8. The quantitative estimate of drug-likeness (QED) is 0.374. The Kier molecular flexibility index (Phi) is 1.85. The molecule has 0 bridgehead atoms. The lowest BCUT2D eigenvalue weighted by molar-refractivity contribution is -0.141. The molecule has 18 heavy (non-hydrogen) atoms. The maximum absolute atomic E-state index is 11.8. The van der Waals surface area contributed by atoms with Crippen molar-refractivity contribution in [2.75, 3.05) is 0 Å². The van der Waals surface area contributed by atoms with Gasteiger partial charge in [-0.15, -0.1) is 0 Å². The van der Waals surface area contributed by atoms with Crippen LogP contribution in [-0.4, -0.2) is 23.8 Å². The molecule has 4 unspecified atom stereocenters. The molecule has 2 heterocycles. The van der Waals surface area contributed by atoms with E-state index in [1.165, 1.54) is 16.7 Å². The summed E-state index contributed by atoms with van der Waals surface area (Å²) in [5.41, 5.74) is 4.96. The van der Waals surface area contributed by atoms with Gasteiger partial charge in [0.25, 0.3) is 0 Å². The number of carbonyl (C=O) groups is 1. The van der Waals surface area contributed by atoms with Crippen molar-refractivity contribution in [2.45, 2.75) is 57.8 Å². The van der Waals surface area contributed by atoms with Crippen LogP contribution < -0.4 is 0 Å². The SMILES string of the molecule is CC1=C2CC3OC3(C)C2C2OC(=O)C(C)=C2CC1. The normalized spacial score (nSPS) is 45.5. The highest BCUT2D eigenvalue weighted by atomic mass is 16.6. The van der Waals surface area contributed by atoms with Crippen LogP contribution in [0, 0.1) is 5.92 Å². The Hall–Kier alpha value is -1.09. The molecule has 4 aliphatic rings. The molecule has 4 atom stereocenters. The van der Waals surface area contributed by atoms with Crippen molar-refractivity contribution in [2.24, 2.45) is 5.92 Å². The summed E-state index contributed by atoms with van der Waals surface area (Å²) in [5, 5.41) is 0. The van der Waals surface area contributed by atoms with Crippen LogP contribution in [-0.2, 0) is 14.3 Å². The number of ether oxygens (including phenoxy) is 2. The van der Waals surface area contributed by atoms with Gasteiger partial charge in [0, 0.05) is 5.57 Å². The van der Waals surface area contributed by atoms with Crippen LogP contribution in [0.15, 0.2) is 22.3 Å². The van der Waals surface area contributed by atoms with Crippen molar-refractivity contribution >= 4 is 5.97 Å². The zero-order valence-electron chi connectivity index (χ0n) is 11.1. The molecule has 2 aliphatic carbocycles. The van der Waals surface area contributed by atoms with Crippen LogP contribution in [0.4, 0.5) is 0 Å². The van der Waals surface area contributed by atoms with Crippen molar-refractivity contribution in [3.05, 3.63) is 22.3 Å². The highest BCUT2D eigenvalue weighted by molar-refractivity contribution is 5.92. The fourth-order valence-corrected chi connectivity index (χ4v) is 4.09. The highest BCUT2D eigenvalue weighted by Gasteiger charge is 2.68. The Morgan fingerprint density at radius 3 is 2.78 bits per heavy atom. The van der Waals surface area contributed by atoms with Crippen molar-refractivity contribution in [3.8, 4) is 0 Å². The number of fused-ring (bicyclic) bond motifs is 5. The topological polar surface area (TPSA) is 38.8 Å². The zero-order chi connectivity index (χ0) is 12.7. The Balaban J connectivity index is 1.85. The van der Waals surface area contributed by atoms with Crippen LogP contribution in [0.25, 0.3) is 0 Å². The summed E-state index contributed by atoms with van der Waals surface area (Å²) in [6.45, 7) is 6.31. The predicted octanol–water partition coefficient (Wildman–Crippen LogP) is 2.52. The largest absolute Gasteiger partial charge is 0.454 e. The molecule has 0 aromatic carbocycles. The van der Waals surface area contributed by atoms with E-state index < -0.39 is 0 Å². The molecule has 2 fully saturated rings. The number of epoxide rings is 1. The van der Waals surface area contributed by atoms with Crippen LogP contribution in [0.1, 0.15) is 40.0 Å². The van der Waals surface area contributed by atoms with Crippen molar-refractivity contribution in [1.82, 2.24) is 0 Å². The minimum absolute atomic E-state index is 0.0533. The van der Waals surface area contributed by atoms with Gasteiger partial charge in [0.2, 0.25) is 0 Å². The van der Waals surface area contributed by atoms with E-state index in [0.717, 1.165) is 24.8 Å². The van der Waals surface area contributed by atoms with E-state index in [-0.39, 0.29) is 23.6 Å². The fraction of sp³-hybridized carbons (Fsp3) is 0.667. The lowest BCUT2D eigenvalue weighted by Gasteiger charge is -2.26. The molecule has 3 nitrogen and oxygen atoms in total. The van der Waals surface area contributed by atoms with Crippen LogP contribution in [0.3, 0.4) is 0 Å². The Labute approximate surface area is 107 Å². The average molecular weight is 246 g/mol. The standard InChI is InChI=1S/C15H18O3/c1-7-4-5-9-8(2)14(16)17-13(9)12-10(7)6-11-15(12,3)18-11/h11-13H,4-6H2,1-3H3. The third-order valence-corrected chi connectivity index (χ3v) is 5.36. The molecule has 3 heteroatoms. The number of hydrogen-bond donors (Lipinski definition) is 0. The Morgan fingerprint density at radius 2 is 2.00 bits per heavy atom. The van der Waals surface area contributed by atoms with Gasteiger partial charge in [-0.3, -0.25) is 0 Å². The lowest BCUT2D eigenvalue weighted by Crippen LogP contribution is -2.33. The van der Waals surface area contributed by atoms with Gasteiger partial charge in [0.1, 0.15) is 11.7 Å². The number of esters is 1. The van der Waals surface area contributed by atoms with E-state index >= 15 is 0 Å². The van der Waals surface area contributed by atoms with Crippen LogP contribution >= 0.6 is 0 Å². The molecule has 4 rings (SSSR count). The molecule has 1 saturated heterocycles. The molecular formula is C15H18O3. The van der Waals surface area contributed by atoms with Crippen molar-refractivity contribution in [1.29, 1.82) is 0 Å². The molecule has 96 valence electrons. The molecule has 0 amide bonds. The number of carbonyl (C=O) groups excluding carboxylic acids is 1. The first-order valence-electron chi connectivity index (χ1n) is 6.79. The fourth-order valence-electron chi connectivity index (χ4n) is 4.09. The maximum atomic E-state index is 11.8. The highest BCUT2D eigenvalue weighted by Crippen LogP contribution is 2.61. The molecule has 0 N–H and O–H groups in total. The summed E-state index contributed by atoms with van der Waals surface area (Å²) in [4.78, 5) is 11.8. The second kappa shape index (κ2) is 3.08.